The van der Waals surface area contributed by atoms with Crippen LogP contribution in [0.25, 0.3) is 11.1 Å². The third kappa shape index (κ3) is 7.71. The minimum absolute atomic E-state index is 0.00739. The molecule has 2 aromatic carbocycles. The molecule has 0 fully saturated rings. The molecule has 3 rings (SSSR count). The number of alkyl halides is 3. The van der Waals surface area contributed by atoms with E-state index in [0.717, 1.165) is 19.2 Å². The maximum absolute atomic E-state index is 12.8. The Hall–Kier alpha value is -4.06. The number of carbonyl (C=O) groups excluding carboxylic acids is 2. The van der Waals surface area contributed by atoms with Gasteiger partial charge in [0, 0.05) is 17.7 Å². The van der Waals surface area contributed by atoms with Crippen LogP contribution in [0, 0.1) is 0 Å². The molecule has 0 radical (unpaired) electrons. The number of hydrogen-bond donors (Lipinski definition) is 3. The fourth-order valence-electron chi connectivity index (χ4n) is 3.27. The Bertz CT molecular complexity index is 1360. The van der Waals surface area contributed by atoms with Crippen LogP contribution in [-0.2, 0) is 25.7 Å². The van der Waals surface area contributed by atoms with Crippen LogP contribution in [0.15, 0.2) is 83.9 Å². The van der Waals surface area contributed by atoms with Gasteiger partial charge in [-0.05, 0) is 47.5 Å². The second-order valence-corrected chi connectivity index (χ2v) is 9.76. The average Bonchev–Trinajstić information content (AvgIpc) is 3.02. The van der Waals surface area contributed by atoms with Gasteiger partial charge < -0.3 is 15.2 Å². The van der Waals surface area contributed by atoms with Gasteiger partial charge in [-0.1, -0.05) is 30.3 Å². The number of benzene rings is 2. The van der Waals surface area contributed by atoms with E-state index in [1.54, 1.807) is 12.1 Å². The summed E-state index contributed by atoms with van der Waals surface area (Å²) < 4.78 is 69.5. The molecule has 196 valence electrons. The van der Waals surface area contributed by atoms with Crippen molar-refractivity contribution in [2.45, 2.75) is 19.0 Å². The summed E-state index contributed by atoms with van der Waals surface area (Å²) in [5.41, 5.74) is 0.647. The van der Waals surface area contributed by atoms with Gasteiger partial charge in [0.05, 0.1) is 30.5 Å². The monoisotopic (exact) mass is 536 g/mol. The summed E-state index contributed by atoms with van der Waals surface area (Å²) in [5, 5.41) is 12.8. The van der Waals surface area contributed by atoms with Crippen molar-refractivity contribution in [2.75, 3.05) is 12.9 Å². The molecule has 1 aliphatic rings. The Balaban J connectivity index is 1.71. The van der Waals surface area contributed by atoms with E-state index in [2.05, 4.69) is 14.8 Å². The molecule has 0 heterocycles. The third-order valence-corrected chi connectivity index (χ3v) is 6.51. The molecule has 0 spiro atoms. The lowest BCUT2D eigenvalue weighted by Crippen LogP contribution is -2.28. The normalized spacial score (nSPS) is 14.0. The number of rotatable bonds is 8. The molecule has 0 unspecified atom stereocenters. The summed E-state index contributed by atoms with van der Waals surface area (Å²) in [4.78, 5) is 24.0. The van der Waals surface area contributed by atoms with Crippen LogP contribution in [0.1, 0.15) is 28.8 Å². The van der Waals surface area contributed by atoms with Crippen LogP contribution >= 0.6 is 0 Å². The lowest BCUT2D eigenvalue weighted by Gasteiger charge is -2.11. The molecule has 0 aromatic heterocycles. The highest BCUT2D eigenvalue weighted by atomic mass is 32.2. The summed E-state index contributed by atoms with van der Waals surface area (Å²) >= 11 is 0. The zero-order valence-electron chi connectivity index (χ0n) is 19.5. The summed E-state index contributed by atoms with van der Waals surface area (Å²) in [5.74, 6) is -2.10. The van der Waals surface area contributed by atoms with Crippen LogP contribution in [-0.4, -0.2) is 38.3 Å². The number of aliphatic hydroxyl groups excluding tert-OH is 1. The molecule has 37 heavy (non-hydrogen) atoms. The molecule has 0 atom stereocenters. The SMILES string of the molecule is COC(=O)CCS(=O)(=O)NC1=C(O)CC=CC(NC(=O)c2ccc(-c3ccc(C(F)(F)F)cc3)cc2)=C1. The number of aliphatic hydroxyl groups is 1. The largest absolute Gasteiger partial charge is 0.510 e. The van der Waals surface area contributed by atoms with E-state index in [9.17, 15) is 36.3 Å². The van der Waals surface area contributed by atoms with Gasteiger partial charge >= 0.3 is 12.1 Å². The van der Waals surface area contributed by atoms with Crippen molar-refractivity contribution in [3.63, 3.8) is 0 Å². The summed E-state index contributed by atoms with van der Waals surface area (Å²) in [6, 6.07) is 10.8. The smallest absolute Gasteiger partial charge is 0.416 e. The lowest BCUT2D eigenvalue weighted by molar-refractivity contribution is -0.140. The Morgan fingerprint density at radius 2 is 1.62 bits per heavy atom. The Morgan fingerprint density at radius 1 is 1.03 bits per heavy atom. The molecular weight excluding hydrogens is 513 g/mol. The fraction of sp³-hybridized carbons (Fsp3) is 0.200. The molecule has 1 amide bonds. The van der Waals surface area contributed by atoms with Crippen molar-refractivity contribution in [1.29, 1.82) is 0 Å². The van der Waals surface area contributed by atoms with Crippen molar-refractivity contribution in [1.82, 2.24) is 10.0 Å². The minimum Gasteiger partial charge on any atom is -0.510 e. The van der Waals surface area contributed by atoms with Gasteiger partial charge in [-0.3, -0.25) is 14.3 Å². The van der Waals surface area contributed by atoms with Gasteiger partial charge in [-0.25, -0.2) is 8.42 Å². The predicted octanol–water partition coefficient (Wildman–Crippen LogP) is 4.20. The second-order valence-electron chi connectivity index (χ2n) is 7.92. The molecule has 0 saturated heterocycles. The van der Waals surface area contributed by atoms with E-state index in [-0.39, 0.29) is 35.6 Å². The van der Waals surface area contributed by atoms with Crippen molar-refractivity contribution in [3.8, 4) is 11.1 Å². The Morgan fingerprint density at radius 3 is 2.19 bits per heavy atom. The number of carbonyl (C=O) groups is 2. The van der Waals surface area contributed by atoms with Crippen molar-refractivity contribution >= 4 is 21.9 Å². The second kappa shape index (κ2) is 11.3. The molecule has 3 N–H and O–H groups in total. The highest BCUT2D eigenvalue weighted by Gasteiger charge is 2.30. The van der Waals surface area contributed by atoms with Crippen LogP contribution in [0.4, 0.5) is 13.2 Å². The Kier molecular flexibility index (Phi) is 8.43. The Labute approximate surface area is 211 Å². The van der Waals surface area contributed by atoms with E-state index in [4.69, 9.17) is 0 Å². The van der Waals surface area contributed by atoms with E-state index >= 15 is 0 Å². The zero-order valence-corrected chi connectivity index (χ0v) is 20.3. The summed E-state index contributed by atoms with van der Waals surface area (Å²) in [7, 11) is -2.87. The molecule has 1 aliphatic carbocycles. The predicted molar refractivity (Wildman–Crippen MR) is 129 cm³/mol. The first kappa shape index (κ1) is 27.5. The number of nitrogens with one attached hydrogen (secondary N) is 2. The van der Waals surface area contributed by atoms with E-state index in [1.165, 1.54) is 42.5 Å². The van der Waals surface area contributed by atoms with E-state index in [0.29, 0.717) is 11.1 Å². The first-order valence-electron chi connectivity index (χ1n) is 10.8. The van der Waals surface area contributed by atoms with E-state index in [1.807, 2.05) is 0 Å². The number of amides is 1. The first-order chi connectivity index (χ1) is 17.4. The van der Waals surface area contributed by atoms with E-state index < -0.39 is 39.4 Å². The van der Waals surface area contributed by atoms with Gasteiger partial charge in [-0.15, -0.1) is 0 Å². The number of sulfonamides is 1. The number of esters is 1. The number of halogens is 3. The van der Waals surface area contributed by atoms with Crippen LogP contribution < -0.4 is 10.0 Å². The number of hydrogen-bond acceptors (Lipinski definition) is 6. The van der Waals surface area contributed by atoms with Crippen LogP contribution in [0.2, 0.25) is 0 Å². The molecule has 0 aliphatic heterocycles. The minimum atomic E-state index is -4.43. The van der Waals surface area contributed by atoms with Crippen molar-refractivity contribution < 1.29 is 41.0 Å². The van der Waals surface area contributed by atoms with Gasteiger partial charge in [0.25, 0.3) is 5.91 Å². The maximum atomic E-state index is 12.8. The van der Waals surface area contributed by atoms with Crippen molar-refractivity contribution in [2.24, 2.45) is 0 Å². The molecule has 0 bridgehead atoms. The van der Waals surface area contributed by atoms with Crippen LogP contribution in [0.5, 0.6) is 0 Å². The lowest BCUT2D eigenvalue weighted by atomic mass is 10.0. The van der Waals surface area contributed by atoms with Gasteiger partial charge in [0.15, 0.2) is 0 Å². The molecule has 2 aromatic rings. The summed E-state index contributed by atoms with van der Waals surface area (Å²) in [6.45, 7) is 0. The standard InChI is InChI=1S/C25H23F3N2O6S/c1-36-23(32)13-14-37(34,35)30-21-15-20(3-2-4-22(21)31)29-24(33)18-7-5-16(6-8-18)17-9-11-19(12-10-17)25(26,27)28/h2-3,5-12,15,30-31H,4,13-14H2,1H3,(H,29,33). The van der Waals surface area contributed by atoms with Crippen LogP contribution in [0.3, 0.4) is 0 Å². The van der Waals surface area contributed by atoms with Crippen molar-refractivity contribution in [3.05, 3.63) is 95.0 Å². The third-order valence-electron chi connectivity index (χ3n) is 5.24. The fourth-order valence-corrected chi connectivity index (χ4v) is 4.32. The summed E-state index contributed by atoms with van der Waals surface area (Å²) in [6.07, 6.45) is -0.578. The average molecular weight is 537 g/mol. The van der Waals surface area contributed by atoms with Gasteiger partial charge in [0.1, 0.15) is 5.76 Å². The number of allylic oxidation sites excluding steroid dienone is 3. The maximum Gasteiger partial charge on any atom is 0.416 e. The highest BCUT2D eigenvalue weighted by molar-refractivity contribution is 7.89. The van der Waals surface area contributed by atoms with Gasteiger partial charge in [-0.2, -0.15) is 13.2 Å². The highest BCUT2D eigenvalue weighted by Crippen LogP contribution is 2.31. The molecular formula is C25H23F3N2O6S. The first-order valence-corrected chi connectivity index (χ1v) is 12.5. The number of methoxy groups -OCH3 is 1. The number of ether oxygens (including phenoxy) is 1. The molecule has 8 nitrogen and oxygen atoms in total. The quantitative estimate of drug-likeness (QED) is 0.435. The van der Waals surface area contributed by atoms with Gasteiger partial charge in [0.2, 0.25) is 10.0 Å². The molecule has 0 saturated carbocycles. The topological polar surface area (TPSA) is 122 Å². The molecule has 12 heteroatoms. The zero-order chi connectivity index (χ0) is 27.2.